The molecule has 0 atom stereocenters. The Kier molecular flexibility index (Phi) is 2.45. The van der Waals surface area contributed by atoms with Crippen LogP contribution in [0, 0.1) is 11.3 Å². The predicted molar refractivity (Wildman–Crippen MR) is 43.3 cm³/mol. The van der Waals surface area contributed by atoms with E-state index in [2.05, 4.69) is 4.98 Å². The summed E-state index contributed by atoms with van der Waals surface area (Å²) in [5, 5.41) is 9.05. The second-order valence-electron chi connectivity index (χ2n) is 2.12. The summed E-state index contributed by atoms with van der Waals surface area (Å²) in [5.41, 5.74) is 1.35. The quantitative estimate of drug-likeness (QED) is 0.641. The van der Waals surface area contributed by atoms with Crippen molar-refractivity contribution in [2.24, 2.45) is 0 Å². The van der Waals surface area contributed by atoms with E-state index in [9.17, 15) is 0 Å². The molecule has 0 radical (unpaired) electrons. The summed E-state index contributed by atoms with van der Waals surface area (Å²) in [6, 6.07) is 3.60. The van der Waals surface area contributed by atoms with Gasteiger partial charge in [-0.15, -0.1) is 0 Å². The van der Waals surface area contributed by atoms with Crippen LogP contribution in [0.25, 0.3) is 0 Å². The highest BCUT2D eigenvalue weighted by molar-refractivity contribution is 6.31. The van der Waals surface area contributed by atoms with E-state index in [-0.39, 0.29) is 0 Å². The topological polar surface area (TPSA) is 36.7 Å². The molecule has 1 heterocycles. The molecule has 0 aliphatic carbocycles. The molecule has 0 N–H and O–H groups in total. The number of nitrogens with zero attached hydrogens (tertiary/aromatic N) is 2. The Bertz CT molecular complexity index is 301. The van der Waals surface area contributed by atoms with E-state index in [1.165, 1.54) is 6.20 Å². The van der Waals surface area contributed by atoms with Gasteiger partial charge in [0.25, 0.3) is 0 Å². The van der Waals surface area contributed by atoms with Crippen molar-refractivity contribution in [1.82, 2.24) is 4.98 Å². The summed E-state index contributed by atoms with van der Waals surface area (Å²) in [4.78, 5) is 4.01. The highest BCUT2D eigenvalue weighted by Crippen LogP contribution is 2.14. The number of aryl methyl sites for hydroxylation is 1. The van der Waals surface area contributed by atoms with Gasteiger partial charge < -0.3 is 0 Å². The molecule has 1 rings (SSSR count). The van der Waals surface area contributed by atoms with Gasteiger partial charge in [-0.2, -0.15) is 5.26 Å². The first kappa shape index (κ1) is 8.03. The minimum absolute atomic E-state index is 0.507. The number of nitriles is 1. The molecule has 0 aliphatic heterocycles. The van der Waals surface area contributed by atoms with Crippen molar-refractivity contribution in [3.8, 4) is 6.07 Å². The Hall–Kier alpha value is -1.07. The van der Waals surface area contributed by atoms with Gasteiger partial charge in [-0.3, -0.25) is 4.98 Å². The van der Waals surface area contributed by atoms with Crippen molar-refractivity contribution in [3.63, 3.8) is 0 Å². The lowest BCUT2D eigenvalue weighted by Crippen LogP contribution is -1.88. The van der Waals surface area contributed by atoms with Gasteiger partial charge in [0.2, 0.25) is 0 Å². The van der Waals surface area contributed by atoms with Crippen molar-refractivity contribution >= 4 is 11.6 Å². The van der Waals surface area contributed by atoms with Gasteiger partial charge in [-0.25, -0.2) is 0 Å². The molecular formula is C8H7ClN2. The molecule has 0 aromatic carbocycles. The number of hydrogen-bond donors (Lipinski definition) is 0. The first-order valence-electron chi connectivity index (χ1n) is 3.32. The van der Waals surface area contributed by atoms with Crippen LogP contribution >= 0.6 is 11.6 Å². The Labute approximate surface area is 70.4 Å². The highest BCUT2D eigenvalue weighted by atomic mass is 35.5. The third-order valence-electron chi connectivity index (χ3n) is 1.38. The minimum atomic E-state index is 0.507. The smallest absolute Gasteiger partial charge is 0.101 e. The summed E-state index contributed by atoms with van der Waals surface area (Å²) in [6.07, 6.45) is 2.33. The highest BCUT2D eigenvalue weighted by Gasteiger charge is 1.99. The fourth-order valence-corrected chi connectivity index (χ4v) is 1.09. The van der Waals surface area contributed by atoms with Gasteiger partial charge in [-0.1, -0.05) is 18.5 Å². The van der Waals surface area contributed by atoms with E-state index in [1.807, 2.05) is 13.0 Å². The van der Waals surface area contributed by atoms with Gasteiger partial charge in [0.05, 0.1) is 16.3 Å². The Morgan fingerprint density at radius 1 is 1.73 bits per heavy atom. The molecule has 2 nitrogen and oxygen atoms in total. The maximum absolute atomic E-state index is 8.48. The van der Waals surface area contributed by atoms with Crippen molar-refractivity contribution in [3.05, 3.63) is 28.5 Å². The van der Waals surface area contributed by atoms with Crippen LogP contribution in [0.3, 0.4) is 0 Å². The lowest BCUT2D eigenvalue weighted by atomic mass is 10.2. The first-order chi connectivity index (χ1) is 5.27. The van der Waals surface area contributed by atoms with Crippen LogP contribution in [-0.2, 0) is 6.42 Å². The summed E-state index contributed by atoms with van der Waals surface area (Å²) < 4.78 is 0. The van der Waals surface area contributed by atoms with Crippen LogP contribution in [0.4, 0.5) is 0 Å². The zero-order valence-electron chi connectivity index (χ0n) is 6.13. The van der Waals surface area contributed by atoms with Crippen molar-refractivity contribution in [1.29, 1.82) is 5.26 Å². The van der Waals surface area contributed by atoms with Crippen LogP contribution < -0.4 is 0 Å². The van der Waals surface area contributed by atoms with E-state index in [1.54, 1.807) is 6.07 Å². The summed E-state index contributed by atoms with van der Waals surface area (Å²) in [6.45, 7) is 1.97. The largest absolute Gasteiger partial charge is 0.258 e. The molecule has 1 aromatic heterocycles. The normalized spacial score (nSPS) is 9.18. The molecular weight excluding hydrogens is 160 g/mol. The van der Waals surface area contributed by atoms with Gasteiger partial charge >= 0.3 is 0 Å². The first-order valence-corrected chi connectivity index (χ1v) is 3.70. The second kappa shape index (κ2) is 3.36. The van der Waals surface area contributed by atoms with E-state index >= 15 is 0 Å². The number of halogens is 1. The third kappa shape index (κ3) is 1.69. The van der Waals surface area contributed by atoms with E-state index in [0.29, 0.717) is 10.6 Å². The Morgan fingerprint density at radius 3 is 2.91 bits per heavy atom. The molecule has 0 aliphatic rings. The third-order valence-corrected chi connectivity index (χ3v) is 1.71. The predicted octanol–water partition coefficient (Wildman–Crippen LogP) is 2.17. The molecule has 56 valence electrons. The van der Waals surface area contributed by atoms with Crippen molar-refractivity contribution in [2.45, 2.75) is 13.3 Å². The molecule has 0 amide bonds. The van der Waals surface area contributed by atoms with Crippen LogP contribution in [0.2, 0.25) is 5.02 Å². The molecule has 0 bridgehead atoms. The van der Waals surface area contributed by atoms with E-state index in [0.717, 1.165) is 12.1 Å². The van der Waals surface area contributed by atoms with E-state index in [4.69, 9.17) is 16.9 Å². The van der Waals surface area contributed by atoms with E-state index < -0.39 is 0 Å². The monoisotopic (exact) mass is 166 g/mol. The molecule has 0 fully saturated rings. The molecule has 0 saturated heterocycles. The Balaban J connectivity index is 3.12. The summed E-state index contributed by atoms with van der Waals surface area (Å²) in [7, 11) is 0. The molecule has 0 unspecified atom stereocenters. The Morgan fingerprint density at radius 2 is 2.45 bits per heavy atom. The SMILES string of the molecule is CCc1ncc(C#N)cc1Cl. The standard InChI is InChI=1S/C8H7ClN2/c1-2-8-7(9)3-6(4-10)5-11-8/h3,5H,2H2,1H3. The number of aromatic nitrogens is 1. The average molecular weight is 167 g/mol. The van der Waals surface area contributed by atoms with Gasteiger partial charge in [0.15, 0.2) is 0 Å². The second-order valence-corrected chi connectivity index (χ2v) is 2.53. The lowest BCUT2D eigenvalue weighted by Gasteiger charge is -1.97. The fraction of sp³-hybridized carbons (Fsp3) is 0.250. The molecule has 0 spiro atoms. The van der Waals surface area contributed by atoms with Gasteiger partial charge in [0, 0.05) is 6.20 Å². The molecule has 1 aromatic rings. The van der Waals surface area contributed by atoms with Crippen LogP contribution in [-0.4, -0.2) is 4.98 Å². The minimum Gasteiger partial charge on any atom is -0.258 e. The maximum atomic E-state index is 8.48. The van der Waals surface area contributed by atoms with Crippen LogP contribution in [0.1, 0.15) is 18.2 Å². The van der Waals surface area contributed by atoms with Gasteiger partial charge in [-0.05, 0) is 12.5 Å². The number of rotatable bonds is 1. The fourth-order valence-electron chi connectivity index (χ4n) is 0.788. The zero-order chi connectivity index (χ0) is 8.27. The van der Waals surface area contributed by atoms with Gasteiger partial charge in [0.1, 0.15) is 6.07 Å². The summed E-state index contributed by atoms with van der Waals surface area (Å²) >= 11 is 5.79. The average Bonchev–Trinajstić information content (AvgIpc) is 2.04. The lowest BCUT2D eigenvalue weighted by molar-refractivity contribution is 1.03. The van der Waals surface area contributed by atoms with Crippen LogP contribution in [0.15, 0.2) is 12.3 Å². The molecule has 3 heteroatoms. The van der Waals surface area contributed by atoms with Crippen LogP contribution in [0.5, 0.6) is 0 Å². The zero-order valence-corrected chi connectivity index (χ0v) is 6.89. The summed E-state index contributed by atoms with van der Waals surface area (Å²) in [5.74, 6) is 0. The van der Waals surface area contributed by atoms with Crippen molar-refractivity contribution in [2.75, 3.05) is 0 Å². The molecule has 11 heavy (non-hydrogen) atoms. The van der Waals surface area contributed by atoms with Crippen molar-refractivity contribution < 1.29 is 0 Å². The maximum Gasteiger partial charge on any atom is 0.101 e. The number of pyridine rings is 1. The number of hydrogen-bond acceptors (Lipinski definition) is 2. The molecule has 0 saturated carbocycles.